The van der Waals surface area contributed by atoms with Gasteiger partial charge in [-0.25, -0.2) is 4.79 Å². The van der Waals surface area contributed by atoms with E-state index in [-0.39, 0.29) is 6.03 Å². The van der Waals surface area contributed by atoms with Gasteiger partial charge in [0.2, 0.25) is 0 Å². The molecule has 1 heterocycles. The molecule has 140 valence electrons. The van der Waals surface area contributed by atoms with E-state index >= 15 is 0 Å². The van der Waals surface area contributed by atoms with Gasteiger partial charge in [-0.05, 0) is 31.5 Å². The number of nitrogens with one attached hydrogen (secondary N) is 2. The standard InChI is InChI=1S/C19H32N4O2/c1-4-22-9-11-23(12-10-22)15-16(3)14-20-19(24)21-17-7-6-8-18(13-17)25-5-2/h6-8,13,16H,4-5,9-12,14-15H2,1-3H3,(H2,20,21,24). The van der Waals surface area contributed by atoms with E-state index in [0.717, 1.165) is 50.7 Å². The molecule has 2 rings (SSSR count). The van der Waals surface area contributed by atoms with Crippen LogP contribution in [0.1, 0.15) is 20.8 Å². The van der Waals surface area contributed by atoms with Gasteiger partial charge in [-0.15, -0.1) is 0 Å². The number of piperazine rings is 1. The fraction of sp³-hybridized carbons (Fsp3) is 0.632. The van der Waals surface area contributed by atoms with Gasteiger partial charge in [0.15, 0.2) is 0 Å². The SMILES string of the molecule is CCOc1cccc(NC(=O)NCC(C)CN2CCN(CC)CC2)c1. The topological polar surface area (TPSA) is 56.8 Å². The number of rotatable bonds is 8. The van der Waals surface area contributed by atoms with Crippen LogP contribution in [0.3, 0.4) is 0 Å². The third-order valence-electron chi connectivity index (χ3n) is 4.50. The Kier molecular flexibility index (Phi) is 8.01. The molecular formula is C19H32N4O2. The Morgan fingerprint density at radius 2 is 1.92 bits per heavy atom. The molecule has 1 aromatic carbocycles. The molecule has 1 unspecified atom stereocenters. The molecule has 1 aromatic rings. The molecule has 1 fully saturated rings. The minimum absolute atomic E-state index is 0.170. The van der Waals surface area contributed by atoms with Crippen molar-refractivity contribution in [1.82, 2.24) is 15.1 Å². The maximum Gasteiger partial charge on any atom is 0.319 e. The Bertz CT molecular complexity index is 530. The van der Waals surface area contributed by atoms with Crippen molar-refractivity contribution in [3.63, 3.8) is 0 Å². The van der Waals surface area contributed by atoms with Crippen molar-refractivity contribution in [3.05, 3.63) is 24.3 Å². The van der Waals surface area contributed by atoms with Crippen LogP contribution in [0, 0.1) is 5.92 Å². The van der Waals surface area contributed by atoms with E-state index in [1.54, 1.807) is 0 Å². The third-order valence-corrected chi connectivity index (χ3v) is 4.50. The lowest BCUT2D eigenvalue weighted by atomic mass is 10.1. The van der Waals surface area contributed by atoms with Gasteiger partial charge >= 0.3 is 6.03 Å². The number of benzene rings is 1. The first kappa shape index (κ1) is 19.5. The highest BCUT2D eigenvalue weighted by Gasteiger charge is 2.17. The minimum atomic E-state index is -0.170. The Balaban J connectivity index is 1.68. The first-order valence-corrected chi connectivity index (χ1v) is 9.33. The van der Waals surface area contributed by atoms with Crippen molar-refractivity contribution in [2.24, 2.45) is 5.92 Å². The molecular weight excluding hydrogens is 316 g/mol. The fourth-order valence-corrected chi connectivity index (χ4v) is 3.07. The molecule has 0 spiro atoms. The molecule has 1 aliphatic heterocycles. The number of ether oxygens (including phenoxy) is 1. The third kappa shape index (κ3) is 6.92. The second-order valence-electron chi connectivity index (χ2n) is 6.64. The Hall–Kier alpha value is -1.79. The summed E-state index contributed by atoms with van der Waals surface area (Å²) < 4.78 is 5.45. The maximum absolute atomic E-state index is 12.1. The molecule has 1 atom stereocenters. The van der Waals surface area contributed by atoms with Gasteiger partial charge in [-0.1, -0.05) is 19.9 Å². The van der Waals surface area contributed by atoms with Crippen molar-refractivity contribution in [2.75, 3.05) is 57.7 Å². The van der Waals surface area contributed by atoms with E-state index in [4.69, 9.17) is 4.74 Å². The lowest BCUT2D eigenvalue weighted by Gasteiger charge is -2.35. The van der Waals surface area contributed by atoms with Crippen LogP contribution in [0.5, 0.6) is 5.75 Å². The number of hydrogen-bond donors (Lipinski definition) is 2. The highest BCUT2D eigenvalue weighted by atomic mass is 16.5. The van der Waals surface area contributed by atoms with Gasteiger partial charge in [-0.2, -0.15) is 0 Å². The highest BCUT2D eigenvalue weighted by molar-refractivity contribution is 5.89. The molecule has 25 heavy (non-hydrogen) atoms. The Morgan fingerprint density at radius 1 is 1.20 bits per heavy atom. The van der Waals surface area contributed by atoms with Crippen molar-refractivity contribution < 1.29 is 9.53 Å². The first-order chi connectivity index (χ1) is 12.1. The summed E-state index contributed by atoms with van der Waals surface area (Å²) in [6, 6.07) is 7.28. The van der Waals surface area contributed by atoms with E-state index < -0.39 is 0 Å². The number of anilines is 1. The van der Waals surface area contributed by atoms with Crippen LogP contribution in [0.4, 0.5) is 10.5 Å². The van der Waals surface area contributed by atoms with Crippen molar-refractivity contribution in [2.45, 2.75) is 20.8 Å². The Morgan fingerprint density at radius 3 is 2.60 bits per heavy atom. The number of amides is 2. The number of nitrogens with zero attached hydrogens (tertiary/aromatic N) is 2. The van der Waals surface area contributed by atoms with Gasteiger partial charge in [0, 0.05) is 51.0 Å². The van der Waals surface area contributed by atoms with Gasteiger partial charge in [0.1, 0.15) is 5.75 Å². The maximum atomic E-state index is 12.1. The molecule has 0 saturated carbocycles. The van der Waals surface area contributed by atoms with E-state index in [0.29, 0.717) is 19.1 Å². The zero-order chi connectivity index (χ0) is 18.1. The molecule has 0 bridgehead atoms. The predicted octanol–water partition coefficient (Wildman–Crippen LogP) is 2.48. The zero-order valence-electron chi connectivity index (χ0n) is 15.8. The van der Waals surface area contributed by atoms with Crippen LogP contribution < -0.4 is 15.4 Å². The molecule has 6 heteroatoms. The highest BCUT2D eigenvalue weighted by Crippen LogP contribution is 2.17. The summed E-state index contributed by atoms with van der Waals surface area (Å²) in [7, 11) is 0. The quantitative estimate of drug-likeness (QED) is 0.758. The average molecular weight is 348 g/mol. The smallest absolute Gasteiger partial charge is 0.319 e. The molecule has 6 nitrogen and oxygen atoms in total. The minimum Gasteiger partial charge on any atom is -0.494 e. The van der Waals surface area contributed by atoms with Crippen LogP contribution in [-0.2, 0) is 0 Å². The zero-order valence-corrected chi connectivity index (χ0v) is 15.8. The number of urea groups is 1. The molecule has 2 amide bonds. The molecule has 0 aliphatic carbocycles. The van der Waals surface area contributed by atoms with Gasteiger partial charge < -0.3 is 25.2 Å². The van der Waals surface area contributed by atoms with Crippen LogP contribution in [0.2, 0.25) is 0 Å². The van der Waals surface area contributed by atoms with E-state index in [2.05, 4.69) is 34.3 Å². The summed E-state index contributed by atoms with van der Waals surface area (Å²) >= 11 is 0. The number of carbonyl (C=O) groups is 1. The predicted molar refractivity (Wildman–Crippen MR) is 102 cm³/mol. The van der Waals surface area contributed by atoms with E-state index in [1.807, 2.05) is 31.2 Å². The van der Waals surface area contributed by atoms with Crippen LogP contribution in [0.25, 0.3) is 0 Å². The number of hydrogen-bond acceptors (Lipinski definition) is 4. The second kappa shape index (κ2) is 10.3. The molecule has 0 radical (unpaired) electrons. The summed E-state index contributed by atoms with van der Waals surface area (Å²) in [6.07, 6.45) is 0. The van der Waals surface area contributed by atoms with Gasteiger partial charge in [0.05, 0.1) is 6.61 Å². The monoisotopic (exact) mass is 348 g/mol. The molecule has 1 aliphatic rings. The van der Waals surface area contributed by atoms with Gasteiger partial charge in [0.25, 0.3) is 0 Å². The van der Waals surface area contributed by atoms with Crippen LogP contribution in [0.15, 0.2) is 24.3 Å². The van der Waals surface area contributed by atoms with Crippen LogP contribution in [-0.4, -0.2) is 68.3 Å². The van der Waals surface area contributed by atoms with Crippen LogP contribution >= 0.6 is 0 Å². The fourth-order valence-electron chi connectivity index (χ4n) is 3.07. The number of likely N-dealkylation sites (N-methyl/N-ethyl adjacent to an activating group) is 1. The van der Waals surface area contributed by atoms with Crippen molar-refractivity contribution in [1.29, 1.82) is 0 Å². The largest absolute Gasteiger partial charge is 0.494 e. The van der Waals surface area contributed by atoms with Gasteiger partial charge in [-0.3, -0.25) is 0 Å². The van der Waals surface area contributed by atoms with E-state index in [1.165, 1.54) is 0 Å². The first-order valence-electron chi connectivity index (χ1n) is 9.33. The lowest BCUT2D eigenvalue weighted by Crippen LogP contribution is -2.48. The summed E-state index contributed by atoms with van der Waals surface area (Å²) in [5.41, 5.74) is 0.742. The lowest BCUT2D eigenvalue weighted by molar-refractivity contribution is 0.124. The van der Waals surface area contributed by atoms with Crippen molar-refractivity contribution in [3.8, 4) is 5.75 Å². The van der Waals surface area contributed by atoms with Crippen molar-refractivity contribution >= 4 is 11.7 Å². The average Bonchev–Trinajstić information content (AvgIpc) is 2.61. The summed E-state index contributed by atoms with van der Waals surface area (Å²) in [5.74, 6) is 1.19. The normalized spacial score (nSPS) is 17.1. The Labute approximate surface area is 151 Å². The summed E-state index contributed by atoms with van der Waals surface area (Å²) in [5, 5.41) is 5.83. The second-order valence-corrected chi connectivity index (χ2v) is 6.64. The molecule has 0 aromatic heterocycles. The van der Waals surface area contributed by atoms with E-state index in [9.17, 15) is 4.79 Å². The molecule has 1 saturated heterocycles. The summed E-state index contributed by atoms with van der Waals surface area (Å²) in [6.45, 7) is 14.3. The molecule has 2 N–H and O–H groups in total. The number of carbonyl (C=O) groups excluding carboxylic acids is 1. The summed E-state index contributed by atoms with van der Waals surface area (Å²) in [4.78, 5) is 17.0.